The van der Waals surface area contributed by atoms with Crippen molar-refractivity contribution >= 4 is 23.1 Å². The summed E-state index contributed by atoms with van der Waals surface area (Å²) in [5.41, 5.74) is 4.47. The fourth-order valence-corrected chi connectivity index (χ4v) is 3.74. The Bertz CT molecular complexity index is 1160. The summed E-state index contributed by atoms with van der Waals surface area (Å²) in [4.78, 5) is 24.2. The number of hydrogen-bond donors (Lipinski definition) is 0. The van der Waals surface area contributed by atoms with Crippen molar-refractivity contribution in [3.8, 4) is 11.5 Å². The number of hydrogen-bond acceptors (Lipinski definition) is 6. The molecule has 2 heterocycles. The van der Waals surface area contributed by atoms with E-state index in [0.717, 1.165) is 24.0 Å². The van der Waals surface area contributed by atoms with Crippen molar-refractivity contribution in [1.82, 2.24) is 0 Å². The SMILES string of the molecule is CC/C(=C(/CC)c1ccc(OC(=O)c2ccco2)cc1)c1ccc(OC(=O)c2ccco2)cc1. The zero-order valence-corrected chi connectivity index (χ0v) is 18.9. The summed E-state index contributed by atoms with van der Waals surface area (Å²) in [6.45, 7) is 4.21. The second-order valence-electron chi connectivity index (χ2n) is 7.45. The van der Waals surface area contributed by atoms with Gasteiger partial charge in [-0.3, -0.25) is 0 Å². The number of esters is 2. The molecule has 0 amide bonds. The number of carbonyl (C=O) groups excluding carboxylic acids is 2. The number of furan rings is 2. The Kier molecular flexibility index (Phi) is 7.08. The minimum Gasteiger partial charge on any atom is -0.457 e. The molecule has 0 bridgehead atoms. The van der Waals surface area contributed by atoms with Crippen LogP contribution < -0.4 is 9.47 Å². The first-order valence-electron chi connectivity index (χ1n) is 11.0. The van der Waals surface area contributed by atoms with Crippen LogP contribution in [0.25, 0.3) is 11.1 Å². The molecule has 0 spiro atoms. The van der Waals surface area contributed by atoms with Crippen molar-refractivity contribution in [3.05, 3.63) is 108 Å². The normalized spacial score (nSPS) is 11.6. The predicted octanol–water partition coefficient (Wildman–Crippen LogP) is 7.04. The maximum absolute atomic E-state index is 12.1. The van der Waals surface area contributed by atoms with Crippen molar-refractivity contribution in [2.45, 2.75) is 26.7 Å². The largest absolute Gasteiger partial charge is 0.457 e. The number of allylic oxidation sites excluding steroid dienone is 2. The number of benzene rings is 2. The monoisotopic (exact) mass is 456 g/mol. The van der Waals surface area contributed by atoms with Gasteiger partial charge in [-0.2, -0.15) is 0 Å². The molecule has 34 heavy (non-hydrogen) atoms. The van der Waals surface area contributed by atoms with Crippen LogP contribution >= 0.6 is 0 Å². The molecule has 2 aromatic heterocycles. The second-order valence-corrected chi connectivity index (χ2v) is 7.45. The summed E-state index contributed by atoms with van der Waals surface area (Å²) < 4.78 is 20.9. The van der Waals surface area contributed by atoms with Crippen LogP contribution in [-0.2, 0) is 0 Å². The lowest BCUT2D eigenvalue weighted by molar-refractivity contribution is 0.0692. The first-order chi connectivity index (χ1) is 16.6. The average Bonchev–Trinajstić information content (AvgIpc) is 3.59. The summed E-state index contributed by atoms with van der Waals surface area (Å²) in [7, 11) is 0. The van der Waals surface area contributed by atoms with Gasteiger partial charge in [-0.05, 0) is 83.6 Å². The van der Waals surface area contributed by atoms with Crippen molar-refractivity contribution in [2.24, 2.45) is 0 Å². The molecular formula is C28H24O6. The van der Waals surface area contributed by atoms with Crippen LogP contribution in [0, 0.1) is 0 Å². The van der Waals surface area contributed by atoms with E-state index in [1.807, 2.05) is 24.3 Å². The van der Waals surface area contributed by atoms with Crippen molar-refractivity contribution < 1.29 is 27.9 Å². The minimum absolute atomic E-state index is 0.157. The molecule has 0 aliphatic rings. The van der Waals surface area contributed by atoms with E-state index in [4.69, 9.17) is 18.3 Å². The van der Waals surface area contributed by atoms with Gasteiger partial charge in [0.15, 0.2) is 0 Å². The predicted molar refractivity (Wildman–Crippen MR) is 128 cm³/mol. The number of carbonyl (C=O) groups is 2. The standard InChI is InChI=1S/C28H24O6/c1-3-23(19-9-13-21(14-10-19)33-27(29)25-7-5-17-31-25)24(4-2)20-11-15-22(16-12-20)34-28(30)26-8-6-18-32-26/h5-18H,3-4H2,1-2H3/b24-23+. The molecule has 172 valence electrons. The van der Waals surface area contributed by atoms with E-state index >= 15 is 0 Å². The summed E-state index contributed by atoms with van der Waals surface area (Å²) >= 11 is 0. The van der Waals surface area contributed by atoms with Crippen LogP contribution in [0.4, 0.5) is 0 Å². The number of rotatable bonds is 8. The van der Waals surface area contributed by atoms with Gasteiger partial charge in [0, 0.05) is 0 Å². The molecule has 2 aromatic carbocycles. The Labute approximate surface area is 197 Å². The third-order valence-corrected chi connectivity index (χ3v) is 5.34. The summed E-state index contributed by atoms with van der Waals surface area (Å²) in [5.74, 6) is 0.134. The molecule has 0 saturated heterocycles. The first kappa shape index (κ1) is 22.9. The van der Waals surface area contributed by atoms with Gasteiger partial charge >= 0.3 is 11.9 Å². The third kappa shape index (κ3) is 5.18. The maximum atomic E-state index is 12.1. The average molecular weight is 456 g/mol. The summed E-state index contributed by atoms with van der Waals surface area (Å²) in [6, 6.07) is 21.3. The van der Waals surface area contributed by atoms with Gasteiger partial charge in [-0.15, -0.1) is 0 Å². The van der Waals surface area contributed by atoms with E-state index in [0.29, 0.717) is 11.5 Å². The van der Waals surface area contributed by atoms with Crippen LogP contribution in [-0.4, -0.2) is 11.9 Å². The molecule has 0 aliphatic carbocycles. The zero-order chi connectivity index (χ0) is 23.9. The van der Waals surface area contributed by atoms with Crippen LogP contribution in [0.5, 0.6) is 11.5 Å². The molecule has 0 N–H and O–H groups in total. The highest BCUT2D eigenvalue weighted by atomic mass is 16.6. The first-order valence-corrected chi connectivity index (χ1v) is 11.0. The van der Waals surface area contributed by atoms with Gasteiger partial charge < -0.3 is 18.3 Å². The van der Waals surface area contributed by atoms with Gasteiger partial charge in [0.2, 0.25) is 11.5 Å². The molecule has 0 radical (unpaired) electrons. The number of ether oxygens (including phenoxy) is 2. The van der Waals surface area contributed by atoms with Gasteiger partial charge in [0.25, 0.3) is 0 Å². The highest BCUT2D eigenvalue weighted by Gasteiger charge is 2.14. The quantitative estimate of drug-likeness (QED) is 0.161. The molecule has 0 unspecified atom stereocenters. The molecule has 0 saturated carbocycles. The summed E-state index contributed by atoms with van der Waals surface area (Å²) in [5, 5.41) is 0. The topological polar surface area (TPSA) is 78.9 Å². The molecule has 4 rings (SSSR count). The van der Waals surface area contributed by atoms with Crippen LogP contribution in [0.2, 0.25) is 0 Å². The Morgan fingerprint density at radius 1 is 0.618 bits per heavy atom. The molecule has 4 aromatic rings. The lowest BCUT2D eigenvalue weighted by atomic mass is 9.91. The van der Waals surface area contributed by atoms with Gasteiger partial charge in [-0.1, -0.05) is 38.1 Å². The van der Waals surface area contributed by atoms with Crippen molar-refractivity contribution in [2.75, 3.05) is 0 Å². The molecule has 0 atom stereocenters. The van der Waals surface area contributed by atoms with E-state index in [1.54, 1.807) is 48.5 Å². The highest BCUT2D eigenvalue weighted by Crippen LogP contribution is 2.33. The molecule has 0 aliphatic heterocycles. The molecular weight excluding hydrogens is 432 g/mol. The van der Waals surface area contributed by atoms with E-state index in [-0.39, 0.29) is 11.5 Å². The Morgan fingerprint density at radius 2 is 1.00 bits per heavy atom. The third-order valence-electron chi connectivity index (χ3n) is 5.34. The maximum Gasteiger partial charge on any atom is 0.379 e. The Balaban J connectivity index is 1.52. The van der Waals surface area contributed by atoms with E-state index in [2.05, 4.69) is 13.8 Å². The van der Waals surface area contributed by atoms with Crippen LogP contribution in [0.1, 0.15) is 58.9 Å². The van der Waals surface area contributed by atoms with Crippen molar-refractivity contribution in [1.29, 1.82) is 0 Å². The van der Waals surface area contributed by atoms with E-state index in [9.17, 15) is 9.59 Å². The highest BCUT2D eigenvalue weighted by molar-refractivity contribution is 5.92. The van der Waals surface area contributed by atoms with E-state index in [1.165, 1.54) is 23.7 Å². The van der Waals surface area contributed by atoms with Gasteiger partial charge in [0.05, 0.1) is 12.5 Å². The van der Waals surface area contributed by atoms with Crippen molar-refractivity contribution in [3.63, 3.8) is 0 Å². The lowest BCUT2D eigenvalue weighted by Crippen LogP contribution is -2.07. The fraction of sp³-hybridized carbons (Fsp3) is 0.143. The van der Waals surface area contributed by atoms with Gasteiger partial charge in [0.1, 0.15) is 11.5 Å². The summed E-state index contributed by atoms with van der Waals surface area (Å²) in [6.07, 6.45) is 4.51. The molecule has 6 nitrogen and oxygen atoms in total. The van der Waals surface area contributed by atoms with Crippen LogP contribution in [0.3, 0.4) is 0 Å². The zero-order valence-electron chi connectivity index (χ0n) is 18.9. The lowest BCUT2D eigenvalue weighted by Gasteiger charge is -2.15. The van der Waals surface area contributed by atoms with Crippen LogP contribution in [0.15, 0.2) is 94.2 Å². The van der Waals surface area contributed by atoms with E-state index < -0.39 is 11.9 Å². The Morgan fingerprint density at radius 3 is 1.29 bits per heavy atom. The minimum atomic E-state index is -0.536. The van der Waals surface area contributed by atoms with Gasteiger partial charge in [-0.25, -0.2) is 9.59 Å². The smallest absolute Gasteiger partial charge is 0.379 e. The molecule has 6 heteroatoms. The fourth-order valence-electron chi connectivity index (χ4n) is 3.74. The second kappa shape index (κ2) is 10.5. The Hall–Kier alpha value is -4.32. The molecule has 0 fully saturated rings.